The third kappa shape index (κ3) is 2.80. The van der Waals surface area contributed by atoms with Gasteiger partial charge >= 0.3 is 0 Å². The van der Waals surface area contributed by atoms with Crippen LogP contribution in [0, 0.1) is 0 Å². The molecule has 0 saturated carbocycles. The summed E-state index contributed by atoms with van der Waals surface area (Å²) in [7, 11) is 0. The lowest BCUT2D eigenvalue weighted by atomic mass is 9.94. The van der Waals surface area contributed by atoms with Gasteiger partial charge in [0.15, 0.2) is 0 Å². The lowest BCUT2D eigenvalue weighted by Crippen LogP contribution is -2.33. The molecule has 1 aliphatic heterocycles. The Morgan fingerprint density at radius 1 is 0.875 bits per heavy atom. The van der Waals surface area contributed by atoms with E-state index in [9.17, 15) is 4.79 Å². The fourth-order valence-corrected chi connectivity index (χ4v) is 3.77. The normalized spacial score (nSPS) is 17.8. The van der Waals surface area contributed by atoms with Crippen LogP contribution in [0.4, 0.5) is 5.69 Å². The zero-order valence-corrected chi connectivity index (χ0v) is 13.7. The minimum Gasteiger partial charge on any atom is -0.364 e. The van der Waals surface area contributed by atoms with Crippen molar-refractivity contribution in [3.05, 3.63) is 77.9 Å². The molecule has 0 aromatic heterocycles. The minimum atomic E-state index is 0.451. The lowest BCUT2D eigenvalue weighted by molar-refractivity contribution is 0.112. The van der Waals surface area contributed by atoms with Gasteiger partial charge < -0.3 is 4.90 Å². The van der Waals surface area contributed by atoms with Gasteiger partial charge in [-0.05, 0) is 53.8 Å². The molecule has 0 amide bonds. The molecular weight excluding hydrogens is 294 g/mol. The van der Waals surface area contributed by atoms with Gasteiger partial charge in [-0.25, -0.2) is 0 Å². The summed E-state index contributed by atoms with van der Waals surface area (Å²) in [5, 5.41) is 2.31. The summed E-state index contributed by atoms with van der Waals surface area (Å²) in [5.41, 5.74) is 3.40. The molecule has 3 aromatic rings. The molecule has 1 unspecified atom stereocenters. The molecule has 1 fully saturated rings. The first-order chi connectivity index (χ1) is 11.8. The predicted octanol–water partition coefficient (Wildman–Crippen LogP) is 5.38. The highest BCUT2D eigenvalue weighted by molar-refractivity contribution is 5.91. The van der Waals surface area contributed by atoms with Gasteiger partial charge in [-0.3, -0.25) is 4.79 Å². The van der Waals surface area contributed by atoms with Crippen LogP contribution in [0.1, 0.15) is 41.2 Å². The number of fused-ring (bicyclic) bond motifs is 1. The number of piperidine rings is 1. The number of benzene rings is 3. The molecule has 0 spiro atoms. The molecule has 0 N–H and O–H groups in total. The van der Waals surface area contributed by atoms with E-state index in [0.29, 0.717) is 6.04 Å². The molecule has 2 heteroatoms. The smallest absolute Gasteiger partial charge is 0.150 e. The Labute approximate surface area is 142 Å². The topological polar surface area (TPSA) is 20.3 Å². The van der Waals surface area contributed by atoms with E-state index in [-0.39, 0.29) is 0 Å². The van der Waals surface area contributed by atoms with Crippen molar-refractivity contribution in [1.82, 2.24) is 0 Å². The van der Waals surface area contributed by atoms with Crippen LogP contribution >= 0.6 is 0 Å². The molecule has 1 aliphatic rings. The van der Waals surface area contributed by atoms with Gasteiger partial charge in [0.05, 0.1) is 6.04 Å². The summed E-state index contributed by atoms with van der Waals surface area (Å²) in [6.45, 7) is 1.09. The Kier molecular flexibility index (Phi) is 4.04. The van der Waals surface area contributed by atoms with Crippen molar-refractivity contribution < 1.29 is 4.79 Å². The number of carbonyl (C=O) groups is 1. The number of hydrogen-bond acceptors (Lipinski definition) is 2. The quantitative estimate of drug-likeness (QED) is 0.604. The van der Waals surface area contributed by atoms with E-state index in [0.717, 1.165) is 23.8 Å². The van der Waals surface area contributed by atoms with E-state index < -0.39 is 0 Å². The molecule has 0 aliphatic carbocycles. The van der Waals surface area contributed by atoms with Gasteiger partial charge in [0.1, 0.15) is 6.29 Å². The number of rotatable bonds is 3. The molecule has 2 nitrogen and oxygen atoms in total. The molecule has 24 heavy (non-hydrogen) atoms. The number of nitrogens with zero attached hydrogens (tertiary/aromatic N) is 1. The summed E-state index contributed by atoms with van der Waals surface area (Å²) in [5.74, 6) is 0. The summed E-state index contributed by atoms with van der Waals surface area (Å²) < 4.78 is 0. The first-order valence-corrected chi connectivity index (χ1v) is 8.66. The largest absolute Gasteiger partial charge is 0.364 e. The van der Waals surface area contributed by atoms with E-state index in [1.165, 1.54) is 35.9 Å². The molecule has 3 aromatic carbocycles. The Morgan fingerprint density at radius 3 is 2.50 bits per heavy atom. The molecule has 0 radical (unpaired) electrons. The monoisotopic (exact) mass is 315 g/mol. The fraction of sp³-hybridized carbons (Fsp3) is 0.227. The second-order valence-electron chi connectivity index (χ2n) is 6.52. The Bertz CT molecular complexity index is 856. The summed E-state index contributed by atoms with van der Waals surface area (Å²) in [6, 6.07) is 23.7. The van der Waals surface area contributed by atoms with E-state index in [2.05, 4.69) is 53.4 Å². The first-order valence-electron chi connectivity index (χ1n) is 8.66. The van der Waals surface area contributed by atoms with E-state index in [4.69, 9.17) is 0 Å². The van der Waals surface area contributed by atoms with Crippen LogP contribution in [-0.2, 0) is 0 Å². The third-order valence-electron chi connectivity index (χ3n) is 5.00. The van der Waals surface area contributed by atoms with Gasteiger partial charge in [-0.1, -0.05) is 48.5 Å². The number of aldehydes is 1. The van der Waals surface area contributed by atoms with Gasteiger partial charge in [0.25, 0.3) is 0 Å². The molecule has 120 valence electrons. The van der Waals surface area contributed by atoms with Crippen LogP contribution < -0.4 is 4.90 Å². The predicted molar refractivity (Wildman–Crippen MR) is 99.7 cm³/mol. The highest BCUT2D eigenvalue weighted by Crippen LogP contribution is 2.36. The van der Waals surface area contributed by atoms with Crippen molar-refractivity contribution in [2.75, 3.05) is 11.4 Å². The fourth-order valence-electron chi connectivity index (χ4n) is 3.77. The highest BCUT2D eigenvalue weighted by Gasteiger charge is 2.24. The average molecular weight is 315 g/mol. The Balaban J connectivity index is 1.72. The number of hydrogen-bond donors (Lipinski definition) is 0. The summed E-state index contributed by atoms with van der Waals surface area (Å²) in [6.07, 6.45) is 4.63. The first kappa shape index (κ1) is 14.9. The van der Waals surface area contributed by atoms with E-state index >= 15 is 0 Å². The molecular formula is C22H21NO. The van der Waals surface area contributed by atoms with E-state index in [1.54, 1.807) is 0 Å². The lowest BCUT2D eigenvalue weighted by Gasteiger charge is -2.38. The molecule has 4 rings (SSSR count). The second-order valence-corrected chi connectivity index (χ2v) is 6.52. The van der Waals surface area contributed by atoms with Crippen molar-refractivity contribution in [3.63, 3.8) is 0 Å². The van der Waals surface area contributed by atoms with Crippen molar-refractivity contribution >= 4 is 22.7 Å². The molecule has 1 saturated heterocycles. The van der Waals surface area contributed by atoms with Crippen LogP contribution in [-0.4, -0.2) is 12.8 Å². The van der Waals surface area contributed by atoms with Crippen LogP contribution in [0.25, 0.3) is 10.8 Å². The Morgan fingerprint density at radius 2 is 1.67 bits per heavy atom. The zero-order valence-electron chi connectivity index (χ0n) is 13.7. The number of carbonyl (C=O) groups excluding carboxylic acids is 1. The third-order valence-corrected chi connectivity index (χ3v) is 5.00. The van der Waals surface area contributed by atoms with Gasteiger partial charge in [0, 0.05) is 17.8 Å². The standard InChI is InChI=1S/C22H21NO/c24-16-17-9-10-20-15-21(12-11-19(20)14-17)23-13-5-4-8-22(23)18-6-2-1-3-7-18/h1-3,6-7,9-12,14-16,22H,4-5,8,13H2. The highest BCUT2D eigenvalue weighted by atomic mass is 16.1. The van der Waals surface area contributed by atoms with Crippen LogP contribution in [0.3, 0.4) is 0 Å². The summed E-state index contributed by atoms with van der Waals surface area (Å²) >= 11 is 0. The second kappa shape index (κ2) is 6.48. The number of anilines is 1. The molecule has 1 atom stereocenters. The van der Waals surface area contributed by atoms with Gasteiger partial charge in [-0.15, -0.1) is 0 Å². The summed E-state index contributed by atoms with van der Waals surface area (Å²) in [4.78, 5) is 13.5. The van der Waals surface area contributed by atoms with Crippen molar-refractivity contribution in [2.24, 2.45) is 0 Å². The van der Waals surface area contributed by atoms with E-state index in [1.807, 2.05) is 18.2 Å². The maximum atomic E-state index is 11.0. The van der Waals surface area contributed by atoms with Crippen molar-refractivity contribution in [3.8, 4) is 0 Å². The van der Waals surface area contributed by atoms with Crippen molar-refractivity contribution in [1.29, 1.82) is 0 Å². The van der Waals surface area contributed by atoms with Gasteiger partial charge in [0.2, 0.25) is 0 Å². The van der Waals surface area contributed by atoms with Crippen LogP contribution in [0.15, 0.2) is 66.7 Å². The minimum absolute atomic E-state index is 0.451. The zero-order chi connectivity index (χ0) is 16.4. The molecule has 1 heterocycles. The maximum Gasteiger partial charge on any atom is 0.150 e. The average Bonchev–Trinajstić information content (AvgIpc) is 2.68. The van der Waals surface area contributed by atoms with Crippen molar-refractivity contribution in [2.45, 2.75) is 25.3 Å². The van der Waals surface area contributed by atoms with Gasteiger partial charge in [-0.2, -0.15) is 0 Å². The molecule has 0 bridgehead atoms. The SMILES string of the molecule is O=Cc1ccc2cc(N3CCCCC3c3ccccc3)ccc2c1. The maximum absolute atomic E-state index is 11.0. The Hall–Kier alpha value is -2.61. The van der Waals surface area contributed by atoms with Crippen LogP contribution in [0.5, 0.6) is 0 Å². The van der Waals surface area contributed by atoms with Crippen LogP contribution in [0.2, 0.25) is 0 Å².